The lowest BCUT2D eigenvalue weighted by Crippen LogP contribution is -2.30. The first kappa shape index (κ1) is 16.8. The Morgan fingerprint density at radius 3 is 2.17 bits per heavy atom. The lowest BCUT2D eigenvalue weighted by atomic mass is 9.78. The summed E-state index contributed by atoms with van der Waals surface area (Å²) in [6, 6.07) is 19.2. The second-order valence-corrected chi connectivity index (χ2v) is 7.79. The van der Waals surface area contributed by atoms with Crippen LogP contribution in [0, 0.1) is 11.3 Å². The summed E-state index contributed by atoms with van der Waals surface area (Å²) >= 11 is 0. The molecule has 2 nitrogen and oxygen atoms in total. The van der Waals surface area contributed by atoms with Crippen molar-refractivity contribution in [1.82, 2.24) is 0 Å². The van der Waals surface area contributed by atoms with E-state index < -0.39 is 0 Å². The van der Waals surface area contributed by atoms with Crippen LogP contribution in [0.25, 0.3) is 11.1 Å². The molecular weight excluding hydrogens is 294 g/mol. The summed E-state index contributed by atoms with van der Waals surface area (Å²) in [5.41, 5.74) is 3.68. The molecule has 0 fully saturated rings. The Hall–Kier alpha value is -2.09. The summed E-state index contributed by atoms with van der Waals surface area (Å²) in [7, 11) is 0. The van der Waals surface area contributed by atoms with Crippen molar-refractivity contribution in [2.75, 3.05) is 6.61 Å². The largest absolute Gasteiger partial charge is 0.475 e. The van der Waals surface area contributed by atoms with Crippen molar-refractivity contribution in [2.24, 2.45) is 16.3 Å². The highest BCUT2D eigenvalue weighted by molar-refractivity contribution is 5.95. The fourth-order valence-electron chi connectivity index (χ4n) is 3.56. The van der Waals surface area contributed by atoms with E-state index in [0.29, 0.717) is 12.5 Å². The second-order valence-electron chi connectivity index (χ2n) is 7.79. The molecule has 0 amide bonds. The van der Waals surface area contributed by atoms with Gasteiger partial charge in [0.15, 0.2) is 0 Å². The quantitative estimate of drug-likeness (QED) is 0.705. The molecule has 0 spiro atoms. The summed E-state index contributed by atoms with van der Waals surface area (Å²) in [4.78, 5) is 4.88. The number of nitrogens with zero attached hydrogens (tertiary/aromatic N) is 1. The van der Waals surface area contributed by atoms with Gasteiger partial charge in [-0.25, -0.2) is 4.99 Å². The van der Waals surface area contributed by atoms with Gasteiger partial charge < -0.3 is 4.74 Å². The summed E-state index contributed by atoms with van der Waals surface area (Å²) in [6.45, 7) is 9.82. The minimum atomic E-state index is 0.167. The molecule has 0 aliphatic carbocycles. The van der Waals surface area contributed by atoms with Crippen LogP contribution < -0.4 is 0 Å². The Kier molecular flexibility index (Phi) is 4.75. The molecule has 2 aromatic rings. The van der Waals surface area contributed by atoms with Gasteiger partial charge in [0.1, 0.15) is 6.61 Å². The molecular formula is C22H27NO. The van der Waals surface area contributed by atoms with E-state index in [-0.39, 0.29) is 11.5 Å². The average Bonchev–Trinajstić information content (AvgIpc) is 3.06. The zero-order valence-corrected chi connectivity index (χ0v) is 15.1. The van der Waals surface area contributed by atoms with Crippen LogP contribution in [0.1, 0.15) is 39.7 Å². The van der Waals surface area contributed by atoms with Crippen LogP contribution in [0.5, 0.6) is 0 Å². The molecule has 1 aliphatic rings. The minimum absolute atomic E-state index is 0.167. The van der Waals surface area contributed by atoms with Gasteiger partial charge in [-0.3, -0.25) is 0 Å². The first-order valence-corrected chi connectivity index (χ1v) is 8.82. The zero-order valence-electron chi connectivity index (χ0n) is 15.1. The van der Waals surface area contributed by atoms with Gasteiger partial charge in [-0.05, 0) is 41.0 Å². The lowest BCUT2D eigenvalue weighted by molar-refractivity contribution is 0.188. The molecule has 2 aromatic carbocycles. The number of aliphatic imine (C=N–C) groups is 1. The van der Waals surface area contributed by atoms with Gasteiger partial charge in [-0.1, -0.05) is 70.2 Å². The topological polar surface area (TPSA) is 21.6 Å². The van der Waals surface area contributed by atoms with Gasteiger partial charge in [0.2, 0.25) is 5.90 Å². The normalized spacial score (nSPS) is 17.7. The van der Waals surface area contributed by atoms with Crippen LogP contribution in [0.3, 0.4) is 0 Å². The van der Waals surface area contributed by atoms with E-state index in [1.807, 2.05) is 6.07 Å². The SMILES string of the molecule is CC(C)CC(C)(C)[C@@H]1COC(c2ccc(-c3ccccc3)cc2)=N1. The molecule has 0 unspecified atom stereocenters. The van der Waals surface area contributed by atoms with Crippen molar-refractivity contribution in [3.8, 4) is 11.1 Å². The van der Waals surface area contributed by atoms with Gasteiger partial charge in [-0.15, -0.1) is 0 Å². The van der Waals surface area contributed by atoms with Gasteiger partial charge in [0, 0.05) is 5.56 Å². The molecule has 0 bridgehead atoms. The molecule has 1 aliphatic heterocycles. The Morgan fingerprint density at radius 1 is 0.958 bits per heavy atom. The van der Waals surface area contributed by atoms with E-state index in [1.54, 1.807) is 0 Å². The number of rotatable bonds is 5. The molecule has 2 heteroatoms. The molecule has 0 radical (unpaired) electrons. The van der Waals surface area contributed by atoms with Crippen LogP contribution in [-0.4, -0.2) is 18.5 Å². The van der Waals surface area contributed by atoms with E-state index in [1.165, 1.54) is 11.1 Å². The highest BCUT2D eigenvalue weighted by atomic mass is 16.5. The van der Waals surface area contributed by atoms with Gasteiger partial charge in [0.05, 0.1) is 6.04 Å². The Balaban J connectivity index is 1.77. The van der Waals surface area contributed by atoms with Crippen LogP contribution in [0.2, 0.25) is 0 Å². The van der Waals surface area contributed by atoms with Gasteiger partial charge in [-0.2, -0.15) is 0 Å². The Bertz CT molecular complexity index is 699. The molecule has 0 N–H and O–H groups in total. The first-order chi connectivity index (χ1) is 11.5. The molecule has 126 valence electrons. The smallest absolute Gasteiger partial charge is 0.216 e. The second kappa shape index (κ2) is 6.80. The van der Waals surface area contributed by atoms with Crippen LogP contribution in [-0.2, 0) is 4.74 Å². The highest BCUT2D eigenvalue weighted by Gasteiger charge is 2.34. The number of benzene rings is 2. The predicted octanol–water partition coefficient (Wildman–Crippen LogP) is 5.57. The molecule has 0 saturated heterocycles. The van der Waals surface area contributed by atoms with Crippen molar-refractivity contribution < 1.29 is 4.74 Å². The fourth-order valence-corrected chi connectivity index (χ4v) is 3.56. The molecule has 1 atom stereocenters. The standard InChI is InChI=1S/C22H27NO/c1-16(2)14-22(3,4)20-15-24-21(23-20)19-12-10-18(11-13-19)17-8-6-5-7-9-17/h5-13,16,20H,14-15H2,1-4H3/t20-/m0/s1. The maximum atomic E-state index is 5.92. The highest BCUT2D eigenvalue weighted by Crippen LogP contribution is 2.34. The minimum Gasteiger partial charge on any atom is -0.475 e. The van der Waals surface area contributed by atoms with Crippen LogP contribution in [0.4, 0.5) is 0 Å². The van der Waals surface area contributed by atoms with Crippen LogP contribution >= 0.6 is 0 Å². The number of hydrogen-bond acceptors (Lipinski definition) is 2. The first-order valence-electron chi connectivity index (χ1n) is 8.82. The van der Waals surface area contributed by atoms with Gasteiger partial charge in [0.25, 0.3) is 0 Å². The Morgan fingerprint density at radius 2 is 1.54 bits per heavy atom. The third-order valence-corrected chi connectivity index (χ3v) is 4.73. The number of hydrogen-bond donors (Lipinski definition) is 0. The van der Waals surface area contributed by atoms with Crippen molar-refractivity contribution in [3.63, 3.8) is 0 Å². The third kappa shape index (κ3) is 3.69. The third-order valence-electron chi connectivity index (χ3n) is 4.73. The molecule has 1 heterocycles. The summed E-state index contributed by atoms with van der Waals surface area (Å²) in [5, 5.41) is 0. The lowest BCUT2D eigenvalue weighted by Gasteiger charge is -2.30. The van der Waals surface area contributed by atoms with Gasteiger partial charge >= 0.3 is 0 Å². The van der Waals surface area contributed by atoms with E-state index >= 15 is 0 Å². The van der Waals surface area contributed by atoms with Crippen LogP contribution in [0.15, 0.2) is 59.6 Å². The summed E-state index contributed by atoms with van der Waals surface area (Å²) < 4.78 is 5.92. The molecule has 0 saturated carbocycles. The van der Waals surface area contributed by atoms with Crippen molar-refractivity contribution in [3.05, 3.63) is 60.2 Å². The predicted molar refractivity (Wildman–Crippen MR) is 101 cm³/mol. The molecule has 3 rings (SSSR count). The maximum Gasteiger partial charge on any atom is 0.216 e. The Labute approximate surface area is 145 Å². The zero-order chi connectivity index (χ0) is 17.2. The summed E-state index contributed by atoms with van der Waals surface area (Å²) in [5.74, 6) is 1.46. The van der Waals surface area contributed by atoms with E-state index in [0.717, 1.165) is 17.9 Å². The monoisotopic (exact) mass is 321 g/mol. The molecule has 24 heavy (non-hydrogen) atoms. The maximum absolute atomic E-state index is 5.92. The van der Waals surface area contributed by atoms with E-state index in [4.69, 9.17) is 9.73 Å². The summed E-state index contributed by atoms with van der Waals surface area (Å²) in [6.07, 6.45) is 1.16. The van der Waals surface area contributed by atoms with Crippen molar-refractivity contribution in [2.45, 2.75) is 40.2 Å². The van der Waals surface area contributed by atoms with E-state index in [9.17, 15) is 0 Å². The average molecular weight is 321 g/mol. The van der Waals surface area contributed by atoms with Crippen molar-refractivity contribution in [1.29, 1.82) is 0 Å². The van der Waals surface area contributed by atoms with Crippen molar-refractivity contribution >= 4 is 5.90 Å². The van der Waals surface area contributed by atoms with E-state index in [2.05, 4.69) is 76.2 Å². The fraction of sp³-hybridized carbons (Fsp3) is 0.409. The number of ether oxygens (including phenoxy) is 1. The molecule has 0 aromatic heterocycles.